The minimum absolute atomic E-state index is 0.0262. The number of nitrogens with one attached hydrogen (secondary N) is 4. The highest BCUT2D eigenvalue weighted by atomic mass is 32.1. The van der Waals surface area contributed by atoms with E-state index in [-0.39, 0.29) is 34.1 Å². The molecule has 58 heavy (non-hydrogen) atoms. The van der Waals surface area contributed by atoms with E-state index in [1.165, 1.54) is 12.6 Å². The van der Waals surface area contributed by atoms with Gasteiger partial charge in [-0.05, 0) is 131 Å². The van der Waals surface area contributed by atoms with Gasteiger partial charge in [-0.15, -0.1) is 10.2 Å². The molecule has 4 fully saturated rings. The molecule has 13 nitrogen and oxygen atoms in total. The Kier molecular flexibility index (Phi) is 10.8. The summed E-state index contributed by atoms with van der Waals surface area (Å²) in [5, 5.41) is 48.6. The first-order valence-electron chi connectivity index (χ1n) is 20.7. The summed E-state index contributed by atoms with van der Waals surface area (Å²) in [5.41, 5.74) is 5.93. The standard InChI is InChI=1S/C44H57N9O4S/c1-27-9-11-34-33(18-27)48-40(58-34)50-37-28(2)30-8-6-15-53(38(30)52-51-37)35-12-10-31(36(49-35)39(55)56)32(19-45)29(3)47-26-43-21-41(4)20-42(5,22-43)24-44(23-41,25-43)57-17-14-46-13-7-16-54/h9-12,18-19,45-47,54H,6-8,13-17,20-26H2,1-5H3,(H,55,56)(H,48,50,51)/b32-29+,45-19?. The van der Waals surface area contributed by atoms with Crippen molar-refractivity contribution in [3.05, 3.63) is 64.0 Å². The molecule has 1 aliphatic heterocycles. The van der Waals surface area contributed by atoms with Crippen LogP contribution in [0.3, 0.4) is 0 Å². The Bertz CT molecular complexity index is 2250. The minimum Gasteiger partial charge on any atom is -0.476 e. The van der Waals surface area contributed by atoms with E-state index in [2.05, 4.69) is 65.1 Å². The number of carboxylic acids is 1. The van der Waals surface area contributed by atoms with Crippen LogP contribution in [0.5, 0.6) is 0 Å². The van der Waals surface area contributed by atoms with Gasteiger partial charge in [0.2, 0.25) is 0 Å². The molecule has 0 radical (unpaired) electrons. The number of ether oxygens (including phenoxy) is 1. The lowest BCUT2D eigenvalue weighted by Gasteiger charge is -2.69. The topological polar surface area (TPSA) is 181 Å². The van der Waals surface area contributed by atoms with Crippen LogP contribution < -0.4 is 20.9 Å². The lowest BCUT2D eigenvalue weighted by atomic mass is 9.39. The van der Waals surface area contributed by atoms with Gasteiger partial charge in [-0.2, -0.15) is 0 Å². The number of nitrogens with zero attached hydrogens (tertiary/aromatic N) is 5. The van der Waals surface area contributed by atoms with Crippen molar-refractivity contribution < 1.29 is 19.7 Å². The molecule has 2 unspecified atom stereocenters. The van der Waals surface area contributed by atoms with E-state index in [4.69, 9.17) is 25.2 Å². The number of benzene rings is 1. The fraction of sp³-hybridized carbons (Fsp3) is 0.545. The number of thiazole rings is 1. The molecule has 4 bridgehead atoms. The third-order valence-electron chi connectivity index (χ3n) is 12.9. The van der Waals surface area contributed by atoms with Gasteiger partial charge >= 0.3 is 5.97 Å². The molecule has 9 rings (SSSR count). The average molecular weight is 808 g/mol. The van der Waals surface area contributed by atoms with Crippen molar-refractivity contribution in [3.63, 3.8) is 0 Å². The summed E-state index contributed by atoms with van der Waals surface area (Å²) in [5.74, 6) is 0.652. The lowest BCUT2D eigenvalue weighted by Crippen LogP contribution is -2.65. The van der Waals surface area contributed by atoms with Crippen molar-refractivity contribution in [1.82, 2.24) is 30.8 Å². The monoisotopic (exact) mass is 807 g/mol. The van der Waals surface area contributed by atoms with E-state index in [0.717, 1.165) is 109 Å². The molecule has 0 saturated heterocycles. The summed E-state index contributed by atoms with van der Waals surface area (Å²) >= 11 is 1.57. The second-order valence-corrected chi connectivity index (χ2v) is 19.3. The second kappa shape index (κ2) is 15.6. The molecule has 5 aliphatic rings. The van der Waals surface area contributed by atoms with Crippen molar-refractivity contribution in [3.8, 4) is 0 Å². The van der Waals surface area contributed by atoms with Crippen LogP contribution in [-0.4, -0.2) is 87.6 Å². The Morgan fingerprint density at radius 2 is 1.83 bits per heavy atom. The van der Waals surface area contributed by atoms with E-state index in [9.17, 15) is 9.90 Å². The Hall–Kier alpha value is -4.50. The number of carboxylic acid groups (broad SMARTS) is 1. The first kappa shape index (κ1) is 40.3. The molecule has 3 aromatic heterocycles. The second-order valence-electron chi connectivity index (χ2n) is 18.3. The maximum Gasteiger partial charge on any atom is 0.355 e. The maximum absolute atomic E-state index is 12.9. The summed E-state index contributed by atoms with van der Waals surface area (Å²) in [4.78, 5) is 24.3. The predicted molar refractivity (Wildman–Crippen MR) is 230 cm³/mol. The van der Waals surface area contributed by atoms with Crippen molar-refractivity contribution in [2.24, 2.45) is 16.2 Å². The highest BCUT2D eigenvalue weighted by molar-refractivity contribution is 7.22. The first-order valence-corrected chi connectivity index (χ1v) is 21.5. The number of hydrogen-bond acceptors (Lipinski definition) is 13. The smallest absolute Gasteiger partial charge is 0.355 e. The van der Waals surface area contributed by atoms with Crippen LogP contribution in [0.15, 0.2) is 36.0 Å². The number of pyridine rings is 1. The Labute approximate surface area is 344 Å². The number of carbonyl (C=O) groups is 1. The van der Waals surface area contributed by atoms with Gasteiger partial charge in [0.05, 0.1) is 22.4 Å². The molecule has 4 heterocycles. The van der Waals surface area contributed by atoms with Crippen LogP contribution in [-0.2, 0) is 11.2 Å². The highest BCUT2D eigenvalue weighted by Crippen LogP contribution is 2.71. The number of fused-ring (bicyclic) bond motifs is 2. The normalized spacial score (nSPS) is 26.4. The van der Waals surface area contributed by atoms with E-state index in [0.29, 0.717) is 41.7 Å². The summed E-state index contributed by atoms with van der Waals surface area (Å²) in [7, 11) is 0. The van der Waals surface area contributed by atoms with Gasteiger partial charge in [0, 0.05) is 60.4 Å². The Morgan fingerprint density at radius 1 is 1.03 bits per heavy atom. The zero-order chi connectivity index (χ0) is 40.9. The molecule has 4 aromatic rings. The number of aliphatic hydroxyl groups is 1. The summed E-state index contributed by atoms with van der Waals surface area (Å²) in [6.07, 6.45) is 10.2. The Morgan fingerprint density at radius 3 is 2.57 bits per heavy atom. The molecule has 4 aliphatic carbocycles. The molecule has 14 heteroatoms. The molecule has 308 valence electrons. The number of rotatable bonds is 16. The van der Waals surface area contributed by atoms with Gasteiger partial charge in [-0.25, -0.2) is 14.8 Å². The van der Waals surface area contributed by atoms with Crippen molar-refractivity contribution in [2.45, 2.75) is 98.0 Å². The van der Waals surface area contributed by atoms with Gasteiger partial charge in [-0.3, -0.25) is 0 Å². The van der Waals surface area contributed by atoms with Crippen LogP contribution in [0.25, 0.3) is 15.8 Å². The third-order valence-corrected chi connectivity index (χ3v) is 13.9. The number of aromatic carboxylic acids is 1. The SMILES string of the molecule is C/C(NCC12CC3(C)CC(C)(C1)CC(OCCNCCCO)(C3)C2)=C(/C=N)c1ccc(N2CCCc3c2nnc(Nc2nc4cc(C)ccc4s2)c3C)nc1C(=O)O. The fourth-order valence-corrected chi connectivity index (χ4v) is 12.6. The molecular formula is C44H57N9O4S. The van der Waals surface area contributed by atoms with Crippen molar-refractivity contribution in [2.75, 3.05) is 49.6 Å². The number of hydrogen-bond donors (Lipinski definition) is 6. The molecule has 4 saturated carbocycles. The third kappa shape index (κ3) is 7.83. The summed E-state index contributed by atoms with van der Waals surface area (Å²) in [6.45, 7) is 14.6. The fourth-order valence-electron chi connectivity index (χ4n) is 11.7. The van der Waals surface area contributed by atoms with E-state index >= 15 is 0 Å². The van der Waals surface area contributed by atoms with Crippen LogP contribution in [0.1, 0.15) is 105 Å². The average Bonchev–Trinajstić information content (AvgIpc) is 3.56. The van der Waals surface area contributed by atoms with Gasteiger partial charge < -0.3 is 41.2 Å². The van der Waals surface area contributed by atoms with Crippen molar-refractivity contribution >= 4 is 61.9 Å². The number of aryl methyl sites for hydroxylation is 1. The van der Waals surface area contributed by atoms with Crippen molar-refractivity contribution in [1.29, 1.82) is 5.41 Å². The van der Waals surface area contributed by atoms with Gasteiger partial charge in [0.15, 0.2) is 22.5 Å². The molecule has 0 spiro atoms. The number of allylic oxidation sites excluding steroid dienone is 2. The number of anilines is 4. The molecule has 6 N–H and O–H groups in total. The molecule has 1 aromatic carbocycles. The molecule has 0 amide bonds. The van der Waals surface area contributed by atoms with Crippen LogP contribution in [0.2, 0.25) is 0 Å². The summed E-state index contributed by atoms with van der Waals surface area (Å²) in [6, 6.07) is 9.85. The minimum atomic E-state index is -1.15. The van der Waals surface area contributed by atoms with Gasteiger partial charge in [0.1, 0.15) is 5.82 Å². The molecular weight excluding hydrogens is 751 g/mol. The lowest BCUT2D eigenvalue weighted by molar-refractivity contribution is -0.242. The molecule has 2 atom stereocenters. The van der Waals surface area contributed by atoms with E-state index in [1.807, 2.05) is 24.8 Å². The number of aliphatic hydroxyl groups excluding tert-OH is 1. The maximum atomic E-state index is 12.9. The predicted octanol–water partition coefficient (Wildman–Crippen LogP) is 7.70. The van der Waals surface area contributed by atoms with Crippen LogP contribution >= 0.6 is 11.3 Å². The zero-order valence-corrected chi connectivity index (χ0v) is 35.2. The first-order chi connectivity index (χ1) is 27.7. The largest absolute Gasteiger partial charge is 0.476 e. The quantitative estimate of drug-likeness (QED) is 0.0480. The van der Waals surface area contributed by atoms with Crippen LogP contribution in [0, 0.1) is 35.5 Å². The van der Waals surface area contributed by atoms with Crippen LogP contribution in [0.4, 0.5) is 22.6 Å². The Balaban J connectivity index is 1.01. The van der Waals surface area contributed by atoms with E-state index < -0.39 is 5.97 Å². The van der Waals surface area contributed by atoms with E-state index in [1.54, 1.807) is 17.4 Å². The number of aromatic nitrogens is 4. The highest BCUT2D eigenvalue weighted by Gasteiger charge is 2.66. The zero-order valence-electron chi connectivity index (χ0n) is 34.4. The van der Waals surface area contributed by atoms with Gasteiger partial charge in [0.25, 0.3) is 0 Å². The summed E-state index contributed by atoms with van der Waals surface area (Å²) < 4.78 is 7.90. The van der Waals surface area contributed by atoms with Gasteiger partial charge in [-0.1, -0.05) is 31.3 Å².